The summed E-state index contributed by atoms with van der Waals surface area (Å²) in [7, 11) is 2.23. The lowest BCUT2D eigenvalue weighted by atomic mass is 9.95. The second kappa shape index (κ2) is 5.72. The maximum atomic E-state index is 2.60. The molecule has 84 valence electrons. The van der Waals surface area contributed by atoms with Gasteiger partial charge in [-0.2, -0.15) is 0 Å². The Hall–Kier alpha value is -0.0800. The second-order valence-corrected chi connectivity index (χ2v) is 4.93. The summed E-state index contributed by atoms with van der Waals surface area (Å²) in [5.74, 6) is 0.940. The Morgan fingerprint density at radius 1 is 1.29 bits per heavy atom. The van der Waals surface area contributed by atoms with E-state index in [1.54, 1.807) is 0 Å². The summed E-state index contributed by atoms with van der Waals surface area (Å²) in [5, 5.41) is 0. The van der Waals surface area contributed by atoms with Gasteiger partial charge in [0.15, 0.2) is 0 Å². The lowest BCUT2D eigenvalue weighted by Crippen LogP contribution is -2.41. The maximum absolute atomic E-state index is 2.60. The Morgan fingerprint density at radius 3 is 2.29 bits per heavy atom. The van der Waals surface area contributed by atoms with Crippen molar-refractivity contribution in [3.8, 4) is 0 Å². The minimum atomic E-state index is 0.736. The monoisotopic (exact) mass is 198 g/mol. The summed E-state index contributed by atoms with van der Waals surface area (Å²) in [5.41, 5.74) is 0. The first-order valence-corrected chi connectivity index (χ1v) is 6.06. The fourth-order valence-corrected chi connectivity index (χ4v) is 2.22. The van der Waals surface area contributed by atoms with E-state index in [0.29, 0.717) is 0 Å². The van der Waals surface area contributed by atoms with Crippen LogP contribution in [0.5, 0.6) is 0 Å². The standard InChI is InChI=1S/C12H26N2/c1-5-13(4)10-12-6-8-14(9-7-12)11(2)3/h11-12H,5-10H2,1-4H3. The summed E-state index contributed by atoms with van der Waals surface area (Å²) in [6.45, 7) is 11.9. The number of rotatable bonds is 4. The quantitative estimate of drug-likeness (QED) is 0.682. The minimum Gasteiger partial charge on any atom is -0.306 e. The van der Waals surface area contributed by atoms with Crippen LogP contribution in [-0.2, 0) is 0 Å². The minimum absolute atomic E-state index is 0.736. The van der Waals surface area contributed by atoms with Crippen molar-refractivity contribution in [1.29, 1.82) is 0 Å². The number of hydrogen-bond donors (Lipinski definition) is 0. The van der Waals surface area contributed by atoms with Gasteiger partial charge in [0.1, 0.15) is 0 Å². The maximum Gasteiger partial charge on any atom is 0.00385 e. The molecule has 2 heteroatoms. The molecule has 0 aliphatic carbocycles. The smallest absolute Gasteiger partial charge is 0.00385 e. The largest absolute Gasteiger partial charge is 0.306 e. The Balaban J connectivity index is 2.22. The molecule has 1 saturated heterocycles. The molecule has 0 aromatic rings. The summed E-state index contributed by atoms with van der Waals surface area (Å²) < 4.78 is 0. The molecular weight excluding hydrogens is 172 g/mol. The molecule has 14 heavy (non-hydrogen) atoms. The summed E-state index contributed by atoms with van der Waals surface area (Å²) in [4.78, 5) is 5.04. The van der Waals surface area contributed by atoms with E-state index in [1.807, 2.05) is 0 Å². The Labute approximate surface area is 89.3 Å². The van der Waals surface area contributed by atoms with Crippen LogP contribution in [0.4, 0.5) is 0 Å². The lowest BCUT2D eigenvalue weighted by molar-refractivity contribution is 0.130. The third kappa shape index (κ3) is 3.58. The van der Waals surface area contributed by atoms with Crippen LogP contribution < -0.4 is 0 Å². The van der Waals surface area contributed by atoms with E-state index in [0.717, 1.165) is 12.0 Å². The predicted octanol–water partition coefficient (Wildman–Crippen LogP) is 2.06. The average Bonchev–Trinajstić information content (AvgIpc) is 2.18. The number of nitrogens with zero attached hydrogens (tertiary/aromatic N) is 2. The highest BCUT2D eigenvalue weighted by molar-refractivity contribution is 4.75. The summed E-state index contributed by atoms with van der Waals surface area (Å²) >= 11 is 0. The van der Waals surface area contributed by atoms with Crippen molar-refractivity contribution < 1.29 is 0 Å². The van der Waals surface area contributed by atoms with Crippen LogP contribution in [0.3, 0.4) is 0 Å². The molecule has 0 amide bonds. The van der Waals surface area contributed by atoms with Crippen LogP contribution in [0, 0.1) is 5.92 Å². The van der Waals surface area contributed by atoms with Gasteiger partial charge in [0.2, 0.25) is 0 Å². The summed E-state index contributed by atoms with van der Waals surface area (Å²) in [6.07, 6.45) is 2.78. The zero-order chi connectivity index (χ0) is 10.6. The van der Waals surface area contributed by atoms with Crippen LogP contribution in [0.25, 0.3) is 0 Å². The third-order valence-electron chi connectivity index (χ3n) is 3.49. The van der Waals surface area contributed by atoms with Gasteiger partial charge in [-0.1, -0.05) is 6.92 Å². The van der Waals surface area contributed by atoms with Gasteiger partial charge in [0.05, 0.1) is 0 Å². The van der Waals surface area contributed by atoms with Gasteiger partial charge in [0.25, 0.3) is 0 Å². The molecule has 1 aliphatic rings. The van der Waals surface area contributed by atoms with Crippen molar-refractivity contribution in [2.75, 3.05) is 33.2 Å². The topological polar surface area (TPSA) is 6.48 Å². The van der Waals surface area contributed by atoms with Crippen molar-refractivity contribution in [2.24, 2.45) is 5.92 Å². The first kappa shape index (κ1) is 12.0. The van der Waals surface area contributed by atoms with Crippen LogP contribution in [-0.4, -0.2) is 49.1 Å². The Morgan fingerprint density at radius 2 is 1.86 bits per heavy atom. The van der Waals surface area contributed by atoms with Crippen molar-refractivity contribution in [3.05, 3.63) is 0 Å². The molecular formula is C12H26N2. The molecule has 2 nitrogen and oxygen atoms in total. The molecule has 0 saturated carbocycles. The fraction of sp³-hybridized carbons (Fsp3) is 1.00. The first-order valence-electron chi connectivity index (χ1n) is 6.06. The molecule has 0 N–H and O–H groups in total. The van der Waals surface area contributed by atoms with Crippen LogP contribution >= 0.6 is 0 Å². The number of likely N-dealkylation sites (tertiary alicyclic amines) is 1. The van der Waals surface area contributed by atoms with E-state index >= 15 is 0 Å². The highest BCUT2D eigenvalue weighted by Gasteiger charge is 2.21. The molecule has 1 aliphatic heterocycles. The Bertz CT molecular complexity index is 148. The van der Waals surface area contributed by atoms with Crippen molar-refractivity contribution in [2.45, 2.75) is 39.7 Å². The van der Waals surface area contributed by atoms with Gasteiger partial charge in [0, 0.05) is 12.6 Å². The zero-order valence-corrected chi connectivity index (χ0v) is 10.3. The molecule has 0 radical (unpaired) electrons. The number of piperidine rings is 1. The lowest BCUT2D eigenvalue weighted by Gasteiger charge is -2.35. The average molecular weight is 198 g/mol. The van der Waals surface area contributed by atoms with Gasteiger partial charge in [-0.15, -0.1) is 0 Å². The van der Waals surface area contributed by atoms with Crippen LogP contribution in [0.1, 0.15) is 33.6 Å². The van der Waals surface area contributed by atoms with E-state index < -0.39 is 0 Å². The Kier molecular flexibility index (Phi) is 4.90. The number of hydrogen-bond acceptors (Lipinski definition) is 2. The SMILES string of the molecule is CCN(C)CC1CCN(C(C)C)CC1. The molecule has 0 unspecified atom stereocenters. The van der Waals surface area contributed by atoms with Gasteiger partial charge < -0.3 is 9.80 Å². The highest BCUT2D eigenvalue weighted by atomic mass is 15.2. The second-order valence-electron chi connectivity index (χ2n) is 4.93. The molecule has 0 aromatic heterocycles. The van der Waals surface area contributed by atoms with Gasteiger partial charge in [-0.25, -0.2) is 0 Å². The van der Waals surface area contributed by atoms with Crippen molar-refractivity contribution in [3.63, 3.8) is 0 Å². The van der Waals surface area contributed by atoms with Crippen LogP contribution in [0.15, 0.2) is 0 Å². The zero-order valence-electron chi connectivity index (χ0n) is 10.3. The third-order valence-corrected chi connectivity index (χ3v) is 3.49. The molecule has 1 rings (SSSR count). The fourth-order valence-electron chi connectivity index (χ4n) is 2.22. The molecule has 1 heterocycles. The molecule has 0 spiro atoms. The van der Waals surface area contributed by atoms with Crippen LogP contribution in [0.2, 0.25) is 0 Å². The van der Waals surface area contributed by atoms with E-state index in [2.05, 4.69) is 37.6 Å². The van der Waals surface area contributed by atoms with E-state index in [9.17, 15) is 0 Å². The van der Waals surface area contributed by atoms with Crippen molar-refractivity contribution >= 4 is 0 Å². The van der Waals surface area contributed by atoms with Gasteiger partial charge in [-0.05, 0) is 59.3 Å². The highest BCUT2D eigenvalue weighted by Crippen LogP contribution is 2.19. The van der Waals surface area contributed by atoms with Crippen molar-refractivity contribution in [1.82, 2.24) is 9.80 Å². The molecule has 0 bridgehead atoms. The molecule has 0 atom stereocenters. The molecule has 0 aromatic carbocycles. The van der Waals surface area contributed by atoms with Gasteiger partial charge in [-0.3, -0.25) is 0 Å². The first-order chi connectivity index (χ1) is 6.63. The normalized spacial score (nSPS) is 21.0. The van der Waals surface area contributed by atoms with E-state index in [1.165, 1.54) is 39.0 Å². The molecule has 1 fully saturated rings. The van der Waals surface area contributed by atoms with E-state index in [-0.39, 0.29) is 0 Å². The van der Waals surface area contributed by atoms with E-state index in [4.69, 9.17) is 0 Å². The van der Waals surface area contributed by atoms with Gasteiger partial charge >= 0.3 is 0 Å². The predicted molar refractivity (Wildman–Crippen MR) is 62.6 cm³/mol. The summed E-state index contributed by atoms with van der Waals surface area (Å²) in [6, 6.07) is 0.736.